The first-order chi connectivity index (χ1) is 10.7. The van der Waals surface area contributed by atoms with Crippen molar-refractivity contribution in [1.29, 1.82) is 0 Å². The minimum Gasteiger partial charge on any atom is -0.440 e. The Kier molecular flexibility index (Phi) is 4.73. The van der Waals surface area contributed by atoms with E-state index in [-0.39, 0.29) is 24.3 Å². The summed E-state index contributed by atoms with van der Waals surface area (Å²) in [7, 11) is 0. The molecule has 0 saturated heterocycles. The molecule has 1 aromatic heterocycles. The van der Waals surface area contributed by atoms with Gasteiger partial charge in [0.15, 0.2) is 11.5 Å². The van der Waals surface area contributed by atoms with E-state index in [9.17, 15) is 9.59 Å². The zero-order chi connectivity index (χ0) is 17.2. The van der Waals surface area contributed by atoms with Gasteiger partial charge in [0.1, 0.15) is 5.52 Å². The van der Waals surface area contributed by atoms with Crippen LogP contribution < -0.4 is 10.6 Å². The van der Waals surface area contributed by atoms with Gasteiger partial charge in [0.25, 0.3) is 0 Å². The Hall–Kier alpha value is -2.37. The standard InChI is InChI=1S/C17H23N3O3/c1-10(2)15-20-12-8-11(6-7-13(12)23-15)19-14(21)9-18-16(22)17(3,4)5/h6-8,10H,9H2,1-5H3,(H,18,22)(H,19,21). The smallest absolute Gasteiger partial charge is 0.243 e. The lowest BCUT2D eigenvalue weighted by atomic mass is 9.96. The van der Waals surface area contributed by atoms with Crippen LogP contribution in [0.1, 0.15) is 46.4 Å². The molecule has 23 heavy (non-hydrogen) atoms. The second-order valence-corrected chi connectivity index (χ2v) is 6.87. The lowest BCUT2D eigenvalue weighted by Crippen LogP contribution is -2.39. The number of amides is 2. The van der Waals surface area contributed by atoms with Gasteiger partial charge in [0, 0.05) is 17.0 Å². The highest BCUT2D eigenvalue weighted by molar-refractivity contribution is 5.96. The molecule has 0 atom stereocenters. The summed E-state index contributed by atoms with van der Waals surface area (Å²) < 4.78 is 5.63. The number of rotatable bonds is 4. The fourth-order valence-electron chi connectivity index (χ4n) is 1.90. The van der Waals surface area contributed by atoms with Gasteiger partial charge in [-0.05, 0) is 18.2 Å². The summed E-state index contributed by atoms with van der Waals surface area (Å²) in [6, 6.07) is 5.28. The van der Waals surface area contributed by atoms with E-state index in [4.69, 9.17) is 4.42 Å². The fourth-order valence-corrected chi connectivity index (χ4v) is 1.90. The SMILES string of the molecule is CC(C)c1nc2cc(NC(=O)CNC(=O)C(C)(C)C)ccc2o1. The van der Waals surface area contributed by atoms with E-state index in [1.54, 1.807) is 39.0 Å². The van der Waals surface area contributed by atoms with Crippen molar-refractivity contribution in [3.05, 3.63) is 24.1 Å². The van der Waals surface area contributed by atoms with Gasteiger partial charge in [0.2, 0.25) is 11.8 Å². The monoisotopic (exact) mass is 317 g/mol. The van der Waals surface area contributed by atoms with Gasteiger partial charge in [0.05, 0.1) is 6.54 Å². The summed E-state index contributed by atoms with van der Waals surface area (Å²) in [5.41, 5.74) is 1.49. The van der Waals surface area contributed by atoms with Crippen molar-refractivity contribution < 1.29 is 14.0 Å². The maximum Gasteiger partial charge on any atom is 0.243 e. The predicted octanol–water partition coefficient (Wildman–Crippen LogP) is 3.05. The molecular weight excluding hydrogens is 294 g/mol. The van der Waals surface area contributed by atoms with Crippen molar-refractivity contribution in [2.75, 3.05) is 11.9 Å². The molecule has 2 amide bonds. The van der Waals surface area contributed by atoms with Crippen LogP contribution in [0.3, 0.4) is 0 Å². The molecule has 6 nitrogen and oxygen atoms in total. The molecule has 0 aliphatic carbocycles. The van der Waals surface area contributed by atoms with Crippen LogP contribution in [0.15, 0.2) is 22.6 Å². The van der Waals surface area contributed by atoms with Gasteiger partial charge in [-0.3, -0.25) is 9.59 Å². The number of hydrogen-bond acceptors (Lipinski definition) is 4. The minimum absolute atomic E-state index is 0.0653. The molecule has 0 fully saturated rings. The van der Waals surface area contributed by atoms with Crippen molar-refractivity contribution in [3.8, 4) is 0 Å². The Balaban J connectivity index is 2.01. The van der Waals surface area contributed by atoms with Crippen molar-refractivity contribution in [2.24, 2.45) is 5.41 Å². The number of nitrogens with one attached hydrogen (secondary N) is 2. The summed E-state index contributed by atoms with van der Waals surface area (Å²) in [5, 5.41) is 5.36. The van der Waals surface area contributed by atoms with E-state index in [0.717, 1.165) is 0 Å². The Morgan fingerprint density at radius 1 is 1.26 bits per heavy atom. The Bertz CT molecular complexity index is 726. The summed E-state index contributed by atoms with van der Waals surface area (Å²) in [6.45, 7) is 9.34. The molecular formula is C17H23N3O3. The third-order valence-electron chi connectivity index (χ3n) is 3.27. The first kappa shape index (κ1) is 17.0. The van der Waals surface area contributed by atoms with E-state index in [1.165, 1.54) is 0 Å². The highest BCUT2D eigenvalue weighted by Crippen LogP contribution is 2.23. The van der Waals surface area contributed by atoms with E-state index in [2.05, 4.69) is 15.6 Å². The predicted molar refractivity (Wildman–Crippen MR) is 89.2 cm³/mol. The van der Waals surface area contributed by atoms with E-state index >= 15 is 0 Å². The van der Waals surface area contributed by atoms with Crippen LogP contribution in [0, 0.1) is 5.41 Å². The number of nitrogens with zero attached hydrogens (tertiary/aromatic N) is 1. The van der Waals surface area contributed by atoms with Gasteiger partial charge < -0.3 is 15.1 Å². The van der Waals surface area contributed by atoms with E-state index in [0.29, 0.717) is 22.7 Å². The second-order valence-electron chi connectivity index (χ2n) is 6.87. The molecule has 0 aliphatic heterocycles. The number of carbonyl (C=O) groups excluding carboxylic acids is 2. The normalized spacial score (nSPS) is 11.7. The fraction of sp³-hybridized carbons (Fsp3) is 0.471. The molecule has 0 unspecified atom stereocenters. The number of fused-ring (bicyclic) bond motifs is 1. The molecule has 1 heterocycles. The molecule has 2 N–H and O–H groups in total. The summed E-state index contributed by atoms with van der Waals surface area (Å²) >= 11 is 0. The Morgan fingerprint density at radius 3 is 2.57 bits per heavy atom. The number of aromatic nitrogens is 1. The number of anilines is 1. The zero-order valence-corrected chi connectivity index (χ0v) is 14.2. The molecule has 2 aromatic rings. The third kappa shape index (κ3) is 4.31. The van der Waals surface area contributed by atoms with E-state index < -0.39 is 5.41 Å². The molecule has 0 radical (unpaired) electrons. The molecule has 1 aromatic carbocycles. The average molecular weight is 317 g/mol. The van der Waals surface area contributed by atoms with Crippen LogP contribution in [0.4, 0.5) is 5.69 Å². The van der Waals surface area contributed by atoms with Gasteiger partial charge in [-0.25, -0.2) is 4.98 Å². The van der Waals surface area contributed by atoms with Crippen molar-refractivity contribution >= 4 is 28.6 Å². The van der Waals surface area contributed by atoms with Crippen LogP contribution in [-0.2, 0) is 9.59 Å². The second kappa shape index (κ2) is 6.40. The number of hydrogen-bond donors (Lipinski definition) is 2. The lowest BCUT2D eigenvalue weighted by Gasteiger charge is -2.17. The zero-order valence-electron chi connectivity index (χ0n) is 14.2. The highest BCUT2D eigenvalue weighted by atomic mass is 16.3. The molecule has 0 aliphatic rings. The summed E-state index contributed by atoms with van der Waals surface area (Å²) in [6.07, 6.45) is 0. The van der Waals surface area contributed by atoms with Gasteiger partial charge >= 0.3 is 0 Å². The molecule has 0 saturated carbocycles. The maximum absolute atomic E-state index is 11.9. The molecule has 6 heteroatoms. The minimum atomic E-state index is -0.521. The van der Waals surface area contributed by atoms with Crippen LogP contribution >= 0.6 is 0 Å². The third-order valence-corrected chi connectivity index (χ3v) is 3.27. The lowest BCUT2D eigenvalue weighted by molar-refractivity contribution is -0.130. The van der Waals surface area contributed by atoms with Gasteiger partial charge in [-0.1, -0.05) is 34.6 Å². The molecule has 124 valence electrons. The molecule has 2 rings (SSSR count). The first-order valence-electron chi connectivity index (χ1n) is 7.65. The highest BCUT2D eigenvalue weighted by Gasteiger charge is 2.21. The van der Waals surface area contributed by atoms with Crippen molar-refractivity contribution in [1.82, 2.24) is 10.3 Å². The quantitative estimate of drug-likeness (QED) is 0.907. The van der Waals surface area contributed by atoms with Crippen molar-refractivity contribution in [2.45, 2.75) is 40.5 Å². The van der Waals surface area contributed by atoms with Crippen LogP contribution in [-0.4, -0.2) is 23.3 Å². The van der Waals surface area contributed by atoms with Gasteiger partial charge in [-0.15, -0.1) is 0 Å². The maximum atomic E-state index is 11.9. The molecule has 0 bridgehead atoms. The Labute approximate surface area is 135 Å². The van der Waals surface area contributed by atoms with Gasteiger partial charge in [-0.2, -0.15) is 0 Å². The summed E-state index contributed by atoms with van der Waals surface area (Å²) in [5.74, 6) is 0.421. The van der Waals surface area contributed by atoms with Crippen LogP contribution in [0.2, 0.25) is 0 Å². The van der Waals surface area contributed by atoms with Crippen molar-refractivity contribution in [3.63, 3.8) is 0 Å². The largest absolute Gasteiger partial charge is 0.440 e. The number of benzene rings is 1. The number of oxazole rings is 1. The average Bonchev–Trinajstić information content (AvgIpc) is 2.87. The molecule has 0 spiro atoms. The van der Waals surface area contributed by atoms with Crippen LogP contribution in [0.25, 0.3) is 11.1 Å². The Morgan fingerprint density at radius 2 is 1.96 bits per heavy atom. The first-order valence-corrected chi connectivity index (χ1v) is 7.65. The number of carbonyl (C=O) groups is 2. The summed E-state index contributed by atoms with van der Waals surface area (Å²) in [4.78, 5) is 28.1. The van der Waals surface area contributed by atoms with Crippen LogP contribution in [0.5, 0.6) is 0 Å². The van der Waals surface area contributed by atoms with E-state index in [1.807, 2.05) is 13.8 Å². The topological polar surface area (TPSA) is 84.2 Å².